The molecule has 0 radical (unpaired) electrons. The molecule has 196 valence electrons. The normalized spacial score (nSPS) is 11.2. The second kappa shape index (κ2) is 11.5. The Balaban J connectivity index is 1.58. The molecule has 0 saturated carbocycles. The third-order valence-electron chi connectivity index (χ3n) is 5.58. The van der Waals surface area contributed by atoms with Gasteiger partial charge in [0.15, 0.2) is 5.82 Å². The van der Waals surface area contributed by atoms with Crippen molar-refractivity contribution < 1.29 is 13.9 Å². The van der Waals surface area contributed by atoms with Crippen molar-refractivity contribution >= 4 is 46.6 Å². The number of rotatable bonds is 8. The standard InChI is InChI=1S/C28H22ClFN6O2S/c1-3-38-25(37)10-7-18-5-4-6-19(14-18)21-16-32-28(33-20-8-9-23(30)22(29)15-20)34-26(21)36-17(2)13-24(35-36)27-31-11-12-39-27/h4-16H,3H2,1-2H3,(H,32,33,34)/b10-7+. The fourth-order valence-electron chi connectivity index (χ4n) is 3.81. The number of carbonyl (C=O) groups excluding carboxylic acids is 1. The zero-order valence-electron chi connectivity index (χ0n) is 20.9. The van der Waals surface area contributed by atoms with Crippen molar-refractivity contribution in [3.8, 4) is 27.6 Å². The Morgan fingerprint density at radius 1 is 1.21 bits per heavy atom. The lowest BCUT2D eigenvalue weighted by Crippen LogP contribution is -2.08. The Hall–Kier alpha value is -4.41. The van der Waals surface area contributed by atoms with Crippen LogP contribution in [-0.2, 0) is 9.53 Å². The first-order valence-electron chi connectivity index (χ1n) is 11.9. The molecule has 5 rings (SSSR count). The highest BCUT2D eigenvalue weighted by atomic mass is 35.5. The van der Waals surface area contributed by atoms with Gasteiger partial charge in [-0.3, -0.25) is 0 Å². The van der Waals surface area contributed by atoms with Gasteiger partial charge in [-0.25, -0.2) is 23.8 Å². The molecule has 0 aliphatic carbocycles. The van der Waals surface area contributed by atoms with Gasteiger partial charge in [0.1, 0.15) is 16.5 Å². The summed E-state index contributed by atoms with van der Waals surface area (Å²) in [5.41, 5.74) is 4.42. The molecule has 0 fully saturated rings. The molecule has 0 saturated heterocycles. The van der Waals surface area contributed by atoms with E-state index in [0.717, 1.165) is 27.5 Å². The number of hydrogen-bond donors (Lipinski definition) is 1. The average Bonchev–Trinajstić information content (AvgIpc) is 3.60. The maximum Gasteiger partial charge on any atom is 0.330 e. The fraction of sp³-hybridized carbons (Fsp3) is 0.107. The van der Waals surface area contributed by atoms with Crippen LogP contribution in [0.2, 0.25) is 5.02 Å². The number of halogens is 2. The number of esters is 1. The second-order valence-corrected chi connectivity index (χ2v) is 9.62. The lowest BCUT2D eigenvalue weighted by atomic mass is 10.0. The zero-order valence-corrected chi connectivity index (χ0v) is 22.5. The Morgan fingerprint density at radius 2 is 2.08 bits per heavy atom. The lowest BCUT2D eigenvalue weighted by Gasteiger charge is -2.13. The van der Waals surface area contributed by atoms with Crippen molar-refractivity contribution in [3.05, 3.63) is 94.5 Å². The van der Waals surface area contributed by atoms with Crippen molar-refractivity contribution in [1.29, 1.82) is 0 Å². The molecule has 0 atom stereocenters. The molecule has 0 aliphatic heterocycles. The number of ether oxygens (including phenoxy) is 1. The van der Waals surface area contributed by atoms with Gasteiger partial charge < -0.3 is 10.1 Å². The Kier molecular flexibility index (Phi) is 7.76. The van der Waals surface area contributed by atoms with Crippen LogP contribution in [0.1, 0.15) is 18.2 Å². The molecule has 8 nitrogen and oxygen atoms in total. The maximum absolute atomic E-state index is 13.7. The quantitative estimate of drug-likeness (QED) is 0.163. The first-order valence-corrected chi connectivity index (χ1v) is 13.2. The van der Waals surface area contributed by atoms with E-state index in [2.05, 4.69) is 15.3 Å². The number of aromatic nitrogens is 5. The van der Waals surface area contributed by atoms with Gasteiger partial charge in [0.05, 0.1) is 11.6 Å². The molecule has 0 amide bonds. The summed E-state index contributed by atoms with van der Waals surface area (Å²) in [6, 6.07) is 13.8. The van der Waals surface area contributed by atoms with Crippen LogP contribution in [0, 0.1) is 12.7 Å². The number of nitrogens with zero attached hydrogens (tertiary/aromatic N) is 5. The molecule has 3 aromatic heterocycles. The van der Waals surface area contributed by atoms with Gasteiger partial charge in [0.25, 0.3) is 0 Å². The van der Waals surface area contributed by atoms with E-state index >= 15 is 0 Å². The Morgan fingerprint density at radius 3 is 2.85 bits per heavy atom. The Bertz CT molecular complexity index is 1670. The van der Waals surface area contributed by atoms with Crippen molar-refractivity contribution in [3.63, 3.8) is 0 Å². The number of anilines is 2. The van der Waals surface area contributed by atoms with Crippen LogP contribution in [0.4, 0.5) is 16.0 Å². The lowest BCUT2D eigenvalue weighted by molar-refractivity contribution is -0.137. The number of aryl methyl sites for hydroxylation is 1. The summed E-state index contributed by atoms with van der Waals surface area (Å²) in [4.78, 5) is 25.4. The summed E-state index contributed by atoms with van der Waals surface area (Å²) in [5.74, 6) is -0.129. The minimum absolute atomic E-state index is 0.0134. The predicted molar refractivity (Wildman–Crippen MR) is 151 cm³/mol. The molecule has 1 N–H and O–H groups in total. The van der Waals surface area contributed by atoms with E-state index in [1.165, 1.54) is 29.5 Å². The summed E-state index contributed by atoms with van der Waals surface area (Å²) in [6.07, 6.45) is 6.50. The number of thiazole rings is 1. The molecular formula is C28H22ClFN6O2S. The van der Waals surface area contributed by atoms with E-state index in [4.69, 9.17) is 26.4 Å². The van der Waals surface area contributed by atoms with Crippen molar-refractivity contribution in [2.24, 2.45) is 0 Å². The highest BCUT2D eigenvalue weighted by Crippen LogP contribution is 2.30. The summed E-state index contributed by atoms with van der Waals surface area (Å²) in [5, 5.41) is 10.5. The molecule has 0 aliphatic rings. The van der Waals surface area contributed by atoms with Crippen LogP contribution in [0.25, 0.3) is 33.7 Å². The molecule has 2 aromatic carbocycles. The van der Waals surface area contributed by atoms with Crippen molar-refractivity contribution in [2.75, 3.05) is 11.9 Å². The minimum Gasteiger partial charge on any atom is -0.463 e. The number of benzene rings is 2. The van der Waals surface area contributed by atoms with Gasteiger partial charge in [-0.15, -0.1) is 11.3 Å². The van der Waals surface area contributed by atoms with Gasteiger partial charge in [0, 0.05) is 40.8 Å². The summed E-state index contributed by atoms with van der Waals surface area (Å²) in [7, 11) is 0. The maximum atomic E-state index is 13.7. The molecule has 11 heteroatoms. The van der Waals surface area contributed by atoms with E-state index in [1.54, 1.807) is 36.1 Å². The molecule has 0 spiro atoms. The van der Waals surface area contributed by atoms with Crippen LogP contribution in [0.5, 0.6) is 0 Å². The number of hydrogen-bond acceptors (Lipinski definition) is 8. The van der Waals surface area contributed by atoms with E-state index in [9.17, 15) is 9.18 Å². The van der Waals surface area contributed by atoms with Crippen LogP contribution in [0.3, 0.4) is 0 Å². The first-order chi connectivity index (χ1) is 18.9. The summed E-state index contributed by atoms with van der Waals surface area (Å²) in [6.45, 7) is 4.00. The largest absolute Gasteiger partial charge is 0.463 e. The van der Waals surface area contributed by atoms with Gasteiger partial charge in [0.2, 0.25) is 5.95 Å². The van der Waals surface area contributed by atoms with Crippen molar-refractivity contribution in [2.45, 2.75) is 13.8 Å². The number of carbonyl (C=O) groups is 1. The Labute approximate surface area is 232 Å². The van der Waals surface area contributed by atoms with Gasteiger partial charge >= 0.3 is 5.97 Å². The molecule has 0 unspecified atom stereocenters. The van der Waals surface area contributed by atoms with Crippen LogP contribution >= 0.6 is 22.9 Å². The van der Waals surface area contributed by atoms with Crippen molar-refractivity contribution in [1.82, 2.24) is 24.7 Å². The fourth-order valence-corrected chi connectivity index (χ4v) is 4.58. The van der Waals surface area contributed by atoms with Crippen LogP contribution in [0.15, 0.2) is 72.4 Å². The molecule has 39 heavy (non-hydrogen) atoms. The van der Waals surface area contributed by atoms with Gasteiger partial charge in [-0.1, -0.05) is 29.8 Å². The zero-order chi connectivity index (χ0) is 27.4. The van der Waals surface area contributed by atoms with Gasteiger partial charge in [-0.05, 0) is 61.4 Å². The van der Waals surface area contributed by atoms with E-state index in [0.29, 0.717) is 23.7 Å². The second-order valence-electron chi connectivity index (χ2n) is 8.32. The predicted octanol–water partition coefficient (Wildman–Crippen LogP) is 6.87. The third-order valence-corrected chi connectivity index (χ3v) is 6.67. The molecule has 5 aromatic rings. The monoisotopic (exact) mass is 560 g/mol. The molecule has 0 bridgehead atoms. The van der Waals surface area contributed by atoms with E-state index in [1.807, 2.05) is 42.6 Å². The highest BCUT2D eigenvalue weighted by molar-refractivity contribution is 7.13. The average molecular weight is 561 g/mol. The highest BCUT2D eigenvalue weighted by Gasteiger charge is 2.17. The van der Waals surface area contributed by atoms with E-state index in [-0.39, 0.29) is 11.0 Å². The smallest absolute Gasteiger partial charge is 0.330 e. The van der Waals surface area contributed by atoms with Crippen LogP contribution < -0.4 is 5.32 Å². The molecule has 3 heterocycles. The molecular weight excluding hydrogens is 539 g/mol. The van der Waals surface area contributed by atoms with Crippen LogP contribution in [-0.4, -0.2) is 37.3 Å². The topological polar surface area (TPSA) is 94.8 Å². The first kappa shape index (κ1) is 26.2. The SMILES string of the molecule is CCOC(=O)/C=C/c1cccc(-c2cnc(Nc3ccc(F)c(Cl)c3)nc2-n2nc(-c3nccs3)cc2C)c1. The summed E-state index contributed by atoms with van der Waals surface area (Å²) < 4.78 is 20.4. The van der Waals surface area contributed by atoms with E-state index < -0.39 is 11.8 Å². The van der Waals surface area contributed by atoms with Gasteiger partial charge in [-0.2, -0.15) is 10.1 Å². The summed E-state index contributed by atoms with van der Waals surface area (Å²) >= 11 is 7.45. The number of nitrogens with one attached hydrogen (secondary N) is 1. The minimum atomic E-state index is -0.516. The third kappa shape index (κ3) is 6.02.